The van der Waals surface area contributed by atoms with Crippen LogP contribution in [0.4, 0.5) is 4.39 Å². The predicted octanol–water partition coefficient (Wildman–Crippen LogP) is 2.50. The lowest BCUT2D eigenvalue weighted by atomic mass is 10.0. The summed E-state index contributed by atoms with van der Waals surface area (Å²) >= 11 is 0. The number of aromatic nitrogens is 1. The normalized spacial score (nSPS) is 12.4. The van der Waals surface area contributed by atoms with Crippen LogP contribution >= 0.6 is 0 Å². The van der Waals surface area contributed by atoms with Gasteiger partial charge in [0.25, 0.3) is 0 Å². The molecule has 0 aliphatic heterocycles. The summed E-state index contributed by atoms with van der Waals surface area (Å²) in [6, 6.07) is 11.4. The molecule has 0 fully saturated rings. The Kier molecular flexibility index (Phi) is 3.27. The second-order valence-electron chi connectivity index (χ2n) is 3.59. The van der Waals surface area contributed by atoms with Crippen molar-refractivity contribution in [2.45, 2.75) is 12.5 Å². The van der Waals surface area contributed by atoms with Crippen molar-refractivity contribution in [1.82, 2.24) is 4.98 Å². The van der Waals surface area contributed by atoms with Crippen LogP contribution in [-0.4, -0.2) is 10.1 Å². The molecule has 0 spiro atoms. The van der Waals surface area contributed by atoms with E-state index in [1.807, 2.05) is 18.2 Å². The first-order valence-electron chi connectivity index (χ1n) is 5.09. The summed E-state index contributed by atoms with van der Waals surface area (Å²) in [5.74, 6) is -0.297. The molecular formula is C13H12FNO. The first-order chi connectivity index (χ1) is 7.75. The van der Waals surface area contributed by atoms with Crippen LogP contribution in [0.15, 0.2) is 48.7 Å². The number of hydrogen-bond acceptors (Lipinski definition) is 2. The summed E-state index contributed by atoms with van der Waals surface area (Å²) in [6.07, 6.45) is 1.48. The number of hydrogen-bond donors (Lipinski definition) is 1. The molecule has 16 heavy (non-hydrogen) atoms. The van der Waals surface area contributed by atoms with E-state index < -0.39 is 6.10 Å². The number of halogens is 1. The fraction of sp³-hybridized carbons (Fsp3) is 0.154. The summed E-state index contributed by atoms with van der Waals surface area (Å²) in [7, 11) is 0. The molecule has 2 nitrogen and oxygen atoms in total. The molecule has 0 aliphatic rings. The van der Waals surface area contributed by atoms with Crippen molar-refractivity contribution < 1.29 is 9.50 Å². The summed E-state index contributed by atoms with van der Waals surface area (Å²) < 4.78 is 12.7. The zero-order chi connectivity index (χ0) is 11.4. The van der Waals surface area contributed by atoms with E-state index >= 15 is 0 Å². The van der Waals surface area contributed by atoms with Gasteiger partial charge in [-0.15, -0.1) is 0 Å². The molecule has 1 atom stereocenters. The molecule has 2 rings (SSSR count). The lowest BCUT2D eigenvalue weighted by Gasteiger charge is -2.10. The second kappa shape index (κ2) is 4.86. The summed E-state index contributed by atoms with van der Waals surface area (Å²) in [5.41, 5.74) is 1.52. The fourth-order valence-electron chi connectivity index (χ4n) is 1.52. The van der Waals surface area contributed by atoms with Crippen molar-refractivity contribution in [2.75, 3.05) is 0 Å². The van der Waals surface area contributed by atoms with Crippen LogP contribution in [-0.2, 0) is 6.42 Å². The Balaban J connectivity index is 2.09. The Bertz CT molecular complexity index is 441. The quantitative estimate of drug-likeness (QED) is 0.856. The van der Waals surface area contributed by atoms with Crippen molar-refractivity contribution in [3.8, 4) is 0 Å². The third-order valence-electron chi connectivity index (χ3n) is 2.38. The van der Waals surface area contributed by atoms with Crippen LogP contribution in [0, 0.1) is 5.82 Å². The van der Waals surface area contributed by atoms with Gasteiger partial charge in [0.15, 0.2) is 0 Å². The Morgan fingerprint density at radius 2 is 1.88 bits per heavy atom. The van der Waals surface area contributed by atoms with Gasteiger partial charge in [-0.05, 0) is 29.8 Å². The maximum atomic E-state index is 12.7. The van der Waals surface area contributed by atoms with Gasteiger partial charge in [0.1, 0.15) is 5.82 Å². The highest BCUT2D eigenvalue weighted by atomic mass is 19.1. The van der Waals surface area contributed by atoms with Gasteiger partial charge in [0.05, 0.1) is 6.10 Å². The van der Waals surface area contributed by atoms with Gasteiger partial charge in [-0.1, -0.05) is 18.2 Å². The van der Waals surface area contributed by atoms with E-state index in [0.29, 0.717) is 12.0 Å². The minimum Gasteiger partial charge on any atom is -0.388 e. The smallest absolute Gasteiger partial charge is 0.123 e. The largest absolute Gasteiger partial charge is 0.388 e. The molecule has 0 radical (unpaired) electrons. The van der Waals surface area contributed by atoms with E-state index in [9.17, 15) is 9.50 Å². The number of aliphatic hydroxyl groups is 1. The molecule has 1 unspecified atom stereocenters. The molecule has 0 aliphatic carbocycles. The lowest BCUT2D eigenvalue weighted by molar-refractivity contribution is 0.177. The lowest BCUT2D eigenvalue weighted by Crippen LogP contribution is -2.03. The maximum absolute atomic E-state index is 12.7. The Morgan fingerprint density at radius 3 is 2.50 bits per heavy atom. The molecule has 0 saturated heterocycles. The van der Waals surface area contributed by atoms with Crippen molar-refractivity contribution >= 4 is 0 Å². The van der Waals surface area contributed by atoms with Gasteiger partial charge in [-0.25, -0.2) is 4.39 Å². The molecular weight excluding hydrogens is 205 g/mol. The van der Waals surface area contributed by atoms with Gasteiger partial charge in [-0.3, -0.25) is 4.98 Å². The molecule has 3 heteroatoms. The van der Waals surface area contributed by atoms with Gasteiger partial charge in [0, 0.05) is 18.3 Å². The van der Waals surface area contributed by atoms with Crippen molar-refractivity contribution in [1.29, 1.82) is 0 Å². The Morgan fingerprint density at radius 1 is 1.12 bits per heavy atom. The van der Waals surface area contributed by atoms with E-state index in [0.717, 1.165) is 5.69 Å². The van der Waals surface area contributed by atoms with Crippen molar-refractivity contribution in [3.63, 3.8) is 0 Å². The Hall–Kier alpha value is -1.74. The average molecular weight is 217 g/mol. The summed E-state index contributed by atoms with van der Waals surface area (Å²) in [5, 5.41) is 9.90. The van der Waals surface area contributed by atoms with Crippen molar-refractivity contribution in [3.05, 3.63) is 65.7 Å². The molecule has 1 N–H and O–H groups in total. The highest BCUT2D eigenvalue weighted by Gasteiger charge is 2.08. The third kappa shape index (κ3) is 2.64. The fourth-order valence-corrected chi connectivity index (χ4v) is 1.52. The molecule has 0 saturated carbocycles. The van der Waals surface area contributed by atoms with Crippen LogP contribution in [0.1, 0.15) is 17.4 Å². The first kappa shape index (κ1) is 10.8. The number of pyridine rings is 1. The highest BCUT2D eigenvalue weighted by molar-refractivity contribution is 5.20. The molecule has 0 bridgehead atoms. The average Bonchev–Trinajstić information content (AvgIpc) is 2.31. The first-order valence-corrected chi connectivity index (χ1v) is 5.09. The van der Waals surface area contributed by atoms with Gasteiger partial charge in [0.2, 0.25) is 0 Å². The van der Waals surface area contributed by atoms with Crippen LogP contribution in [0.3, 0.4) is 0 Å². The van der Waals surface area contributed by atoms with Gasteiger partial charge >= 0.3 is 0 Å². The molecule has 1 aromatic heterocycles. The Labute approximate surface area is 93.4 Å². The molecule has 2 aromatic rings. The number of aliphatic hydroxyl groups excluding tert-OH is 1. The molecule has 82 valence electrons. The molecule has 1 aromatic carbocycles. The zero-order valence-corrected chi connectivity index (χ0v) is 8.68. The van der Waals surface area contributed by atoms with E-state index in [1.165, 1.54) is 12.1 Å². The minimum absolute atomic E-state index is 0.297. The highest BCUT2D eigenvalue weighted by Crippen LogP contribution is 2.17. The third-order valence-corrected chi connectivity index (χ3v) is 2.38. The van der Waals surface area contributed by atoms with Gasteiger partial charge < -0.3 is 5.11 Å². The van der Waals surface area contributed by atoms with Crippen LogP contribution < -0.4 is 0 Å². The van der Waals surface area contributed by atoms with E-state index in [4.69, 9.17) is 0 Å². The molecule has 0 amide bonds. The number of benzene rings is 1. The summed E-state index contributed by atoms with van der Waals surface area (Å²) in [4.78, 5) is 4.13. The van der Waals surface area contributed by atoms with Crippen LogP contribution in [0.25, 0.3) is 0 Å². The summed E-state index contributed by atoms with van der Waals surface area (Å²) in [6.45, 7) is 0. The van der Waals surface area contributed by atoms with Crippen LogP contribution in [0.5, 0.6) is 0 Å². The number of nitrogens with zero attached hydrogens (tertiary/aromatic N) is 1. The monoisotopic (exact) mass is 217 g/mol. The zero-order valence-electron chi connectivity index (χ0n) is 8.68. The second-order valence-corrected chi connectivity index (χ2v) is 3.59. The van der Waals surface area contributed by atoms with Crippen LogP contribution in [0.2, 0.25) is 0 Å². The minimum atomic E-state index is -0.643. The van der Waals surface area contributed by atoms with Crippen molar-refractivity contribution in [2.24, 2.45) is 0 Å². The van der Waals surface area contributed by atoms with E-state index in [-0.39, 0.29) is 5.82 Å². The van der Waals surface area contributed by atoms with E-state index in [1.54, 1.807) is 18.3 Å². The van der Waals surface area contributed by atoms with E-state index in [2.05, 4.69) is 4.98 Å². The van der Waals surface area contributed by atoms with Gasteiger partial charge in [-0.2, -0.15) is 0 Å². The SMILES string of the molecule is OC(Cc1ccccn1)c1ccc(F)cc1. The topological polar surface area (TPSA) is 33.1 Å². The maximum Gasteiger partial charge on any atom is 0.123 e. The molecule has 1 heterocycles. The number of rotatable bonds is 3. The predicted molar refractivity (Wildman–Crippen MR) is 59.3 cm³/mol. The standard InChI is InChI=1S/C13H12FNO/c14-11-6-4-10(5-7-11)13(16)9-12-3-1-2-8-15-12/h1-8,13,16H,9H2.